The van der Waals surface area contributed by atoms with Crippen molar-refractivity contribution in [1.29, 1.82) is 0 Å². The van der Waals surface area contributed by atoms with Crippen LogP contribution >= 0.6 is 0 Å². The van der Waals surface area contributed by atoms with Crippen molar-refractivity contribution in [1.82, 2.24) is 19.7 Å². The summed E-state index contributed by atoms with van der Waals surface area (Å²) in [5, 5.41) is 8.86. The number of carbonyl (C=O) groups is 2. The number of anilines is 2. The van der Waals surface area contributed by atoms with E-state index in [4.69, 9.17) is 0 Å². The molecule has 1 aliphatic carbocycles. The molecule has 33 heavy (non-hydrogen) atoms. The SMILES string of the molecule is CC(=O)Nc1cc(C(=O)NC2CCC(Nc3cccc4nc(C(F)(F)F)cn34)CC2)ccn1. The summed E-state index contributed by atoms with van der Waals surface area (Å²) in [6, 6.07) is 8.06. The Kier molecular flexibility index (Phi) is 6.21. The maximum Gasteiger partial charge on any atom is 0.434 e. The van der Waals surface area contributed by atoms with Crippen LogP contribution in [0, 0.1) is 0 Å². The van der Waals surface area contributed by atoms with Crippen LogP contribution in [0.4, 0.5) is 24.8 Å². The van der Waals surface area contributed by atoms with Crippen LogP contribution < -0.4 is 16.0 Å². The minimum atomic E-state index is -4.50. The lowest BCUT2D eigenvalue weighted by Crippen LogP contribution is -2.40. The smallest absolute Gasteiger partial charge is 0.368 e. The molecule has 0 radical (unpaired) electrons. The first kappa shape index (κ1) is 22.6. The first-order chi connectivity index (χ1) is 15.7. The predicted octanol–water partition coefficient (Wildman–Crippen LogP) is 3.86. The van der Waals surface area contributed by atoms with E-state index in [1.165, 1.54) is 29.7 Å². The van der Waals surface area contributed by atoms with Gasteiger partial charge in [0.2, 0.25) is 5.91 Å². The molecule has 1 saturated carbocycles. The molecule has 0 unspecified atom stereocenters. The third kappa shape index (κ3) is 5.41. The van der Waals surface area contributed by atoms with Crippen molar-refractivity contribution in [2.24, 2.45) is 0 Å². The second kappa shape index (κ2) is 9.08. The Balaban J connectivity index is 1.35. The Hall–Kier alpha value is -3.63. The first-order valence-electron chi connectivity index (χ1n) is 10.6. The average molecular weight is 460 g/mol. The minimum absolute atomic E-state index is 0.0196. The van der Waals surface area contributed by atoms with Crippen molar-refractivity contribution in [3.05, 3.63) is 54.0 Å². The van der Waals surface area contributed by atoms with Gasteiger partial charge in [-0.2, -0.15) is 13.2 Å². The Bertz CT molecular complexity index is 1170. The van der Waals surface area contributed by atoms with Gasteiger partial charge >= 0.3 is 6.18 Å². The standard InChI is InChI=1S/C22H23F3N6O2/c1-13(32)27-18-11-14(9-10-26-18)21(33)29-16-7-5-15(6-8-16)28-19-3-2-4-20-30-17(12-31(19)20)22(23,24)25/h2-4,9-12,15-16,28H,5-8H2,1H3,(H,29,33)(H,26,27,32). The highest BCUT2D eigenvalue weighted by Gasteiger charge is 2.34. The van der Waals surface area contributed by atoms with Gasteiger partial charge in [-0.3, -0.25) is 14.0 Å². The fourth-order valence-corrected chi connectivity index (χ4v) is 3.95. The van der Waals surface area contributed by atoms with Crippen LogP contribution in [0.3, 0.4) is 0 Å². The molecule has 1 aliphatic rings. The topological polar surface area (TPSA) is 100 Å². The molecular formula is C22H23F3N6O2. The fourth-order valence-electron chi connectivity index (χ4n) is 3.95. The van der Waals surface area contributed by atoms with E-state index in [1.807, 2.05) is 0 Å². The Morgan fingerprint density at radius 2 is 1.82 bits per heavy atom. The van der Waals surface area contributed by atoms with Crippen LogP contribution in [-0.4, -0.2) is 38.3 Å². The van der Waals surface area contributed by atoms with E-state index in [-0.39, 0.29) is 29.5 Å². The van der Waals surface area contributed by atoms with Crippen LogP contribution in [0.2, 0.25) is 0 Å². The molecule has 3 aromatic rings. The zero-order valence-corrected chi connectivity index (χ0v) is 17.8. The second-order valence-electron chi connectivity index (χ2n) is 8.04. The molecule has 0 atom stereocenters. The van der Waals surface area contributed by atoms with Crippen molar-refractivity contribution < 1.29 is 22.8 Å². The summed E-state index contributed by atoms with van der Waals surface area (Å²) in [6.07, 6.45) is 0.888. The molecular weight excluding hydrogens is 437 g/mol. The van der Waals surface area contributed by atoms with Crippen LogP contribution in [0.15, 0.2) is 42.7 Å². The van der Waals surface area contributed by atoms with Gasteiger partial charge in [-0.1, -0.05) is 6.07 Å². The van der Waals surface area contributed by atoms with E-state index in [0.717, 1.165) is 31.9 Å². The highest BCUT2D eigenvalue weighted by Crippen LogP contribution is 2.30. The monoisotopic (exact) mass is 460 g/mol. The van der Waals surface area contributed by atoms with E-state index in [9.17, 15) is 22.8 Å². The number of amides is 2. The van der Waals surface area contributed by atoms with Crippen molar-refractivity contribution in [3.63, 3.8) is 0 Å². The third-order valence-corrected chi connectivity index (χ3v) is 5.52. The zero-order chi connectivity index (χ0) is 23.6. The molecule has 0 saturated heterocycles. The zero-order valence-electron chi connectivity index (χ0n) is 17.8. The van der Waals surface area contributed by atoms with Crippen LogP contribution in [0.25, 0.3) is 5.65 Å². The van der Waals surface area contributed by atoms with Gasteiger partial charge in [-0.15, -0.1) is 0 Å². The van der Waals surface area contributed by atoms with Crippen LogP contribution in [-0.2, 0) is 11.0 Å². The third-order valence-electron chi connectivity index (χ3n) is 5.52. The van der Waals surface area contributed by atoms with E-state index in [2.05, 4.69) is 25.9 Å². The number of hydrogen-bond donors (Lipinski definition) is 3. The Morgan fingerprint density at radius 1 is 1.09 bits per heavy atom. The number of hydrogen-bond acceptors (Lipinski definition) is 5. The Labute approximate surface area is 187 Å². The molecule has 4 rings (SSSR count). The largest absolute Gasteiger partial charge is 0.434 e. The van der Waals surface area contributed by atoms with Gasteiger partial charge < -0.3 is 16.0 Å². The number of carbonyl (C=O) groups excluding carboxylic acids is 2. The summed E-state index contributed by atoms with van der Waals surface area (Å²) in [4.78, 5) is 31.4. The molecule has 0 spiro atoms. The summed E-state index contributed by atoms with van der Waals surface area (Å²) in [6.45, 7) is 1.36. The molecule has 8 nitrogen and oxygen atoms in total. The van der Waals surface area contributed by atoms with E-state index in [1.54, 1.807) is 18.2 Å². The average Bonchev–Trinajstić information content (AvgIpc) is 3.21. The van der Waals surface area contributed by atoms with Gasteiger partial charge in [0.1, 0.15) is 17.3 Å². The highest BCUT2D eigenvalue weighted by atomic mass is 19.4. The summed E-state index contributed by atoms with van der Waals surface area (Å²) >= 11 is 0. The van der Waals surface area contributed by atoms with Crippen molar-refractivity contribution in [3.8, 4) is 0 Å². The number of pyridine rings is 2. The van der Waals surface area contributed by atoms with Crippen LogP contribution in [0.1, 0.15) is 48.7 Å². The van der Waals surface area contributed by atoms with Gasteiger partial charge in [0.15, 0.2) is 5.69 Å². The fraction of sp³-hybridized carbons (Fsp3) is 0.364. The van der Waals surface area contributed by atoms with Crippen molar-refractivity contribution >= 4 is 29.1 Å². The lowest BCUT2D eigenvalue weighted by molar-refractivity contribution is -0.140. The summed E-state index contributed by atoms with van der Waals surface area (Å²) in [5.74, 6) is 0.339. The predicted molar refractivity (Wildman–Crippen MR) is 116 cm³/mol. The lowest BCUT2D eigenvalue weighted by atomic mass is 9.91. The molecule has 1 fully saturated rings. The summed E-state index contributed by atoms with van der Waals surface area (Å²) in [5.41, 5.74) is -0.300. The number of fused-ring (bicyclic) bond motifs is 1. The molecule has 3 N–H and O–H groups in total. The summed E-state index contributed by atoms with van der Waals surface area (Å²) < 4.78 is 40.4. The quantitative estimate of drug-likeness (QED) is 0.537. The van der Waals surface area contributed by atoms with Gasteiger partial charge in [-0.25, -0.2) is 9.97 Å². The van der Waals surface area contributed by atoms with Gasteiger partial charge in [0, 0.05) is 37.0 Å². The molecule has 174 valence electrons. The van der Waals surface area contributed by atoms with E-state index >= 15 is 0 Å². The second-order valence-corrected chi connectivity index (χ2v) is 8.04. The van der Waals surface area contributed by atoms with Gasteiger partial charge in [0.25, 0.3) is 5.91 Å². The molecule has 3 heterocycles. The maximum absolute atomic E-state index is 13.0. The number of halogens is 3. The highest BCUT2D eigenvalue weighted by molar-refractivity contribution is 5.96. The number of nitrogens with one attached hydrogen (secondary N) is 3. The lowest BCUT2D eigenvalue weighted by Gasteiger charge is -2.30. The molecule has 2 amide bonds. The normalized spacial score (nSPS) is 18.7. The van der Waals surface area contributed by atoms with Gasteiger partial charge in [-0.05, 0) is 49.9 Å². The van der Waals surface area contributed by atoms with Crippen molar-refractivity contribution in [2.75, 3.05) is 10.6 Å². The first-order valence-corrected chi connectivity index (χ1v) is 10.6. The molecule has 11 heteroatoms. The van der Waals surface area contributed by atoms with E-state index < -0.39 is 11.9 Å². The van der Waals surface area contributed by atoms with Crippen LogP contribution in [0.5, 0.6) is 0 Å². The maximum atomic E-state index is 13.0. The van der Waals surface area contributed by atoms with Gasteiger partial charge in [0.05, 0.1) is 0 Å². The van der Waals surface area contributed by atoms with Crippen molar-refractivity contribution in [2.45, 2.75) is 50.9 Å². The number of rotatable bonds is 5. The molecule has 0 aliphatic heterocycles. The number of imidazole rings is 1. The molecule has 3 aromatic heterocycles. The number of aromatic nitrogens is 3. The molecule has 0 aromatic carbocycles. The number of alkyl halides is 3. The summed E-state index contributed by atoms with van der Waals surface area (Å²) in [7, 11) is 0. The number of nitrogens with zero attached hydrogens (tertiary/aromatic N) is 3. The molecule has 0 bridgehead atoms. The minimum Gasteiger partial charge on any atom is -0.368 e. The Morgan fingerprint density at radius 3 is 2.52 bits per heavy atom. The van der Waals surface area contributed by atoms with E-state index in [0.29, 0.717) is 17.2 Å².